The average molecular weight is 261 g/mol. The van der Waals surface area contributed by atoms with E-state index in [4.69, 9.17) is 0 Å². The molecule has 0 bridgehead atoms. The van der Waals surface area contributed by atoms with Crippen molar-refractivity contribution in [1.82, 2.24) is 5.32 Å². The summed E-state index contributed by atoms with van der Waals surface area (Å²) >= 11 is 0. The minimum Gasteiger partial charge on any atom is -0.508 e. The van der Waals surface area contributed by atoms with Gasteiger partial charge in [-0.15, -0.1) is 0 Å². The summed E-state index contributed by atoms with van der Waals surface area (Å²) in [6.45, 7) is 9.99. The number of benzene rings is 1. The predicted octanol–water partition coefficient (Wildman–Crippen LogP) is 4.27. The molecule has 106 valence electrons. The summed E-state index contributed by atoms with van der Waals surface area (Å²) < 4.78 is 0. The van der Waals surface area contributed by atoms with Gasteiger partial charge < -0.3 is 10.4 Å². The van der Waals surface area contributed by atoms with Gasteiger partial charge >= 0.3 is 0 Å². The Hall–Kier alpha value is -1.02. The lowest BCUT2D eigenvalue weighted by atomic mass is 9.97. The first-order valence-electron chi connectivity index (χ1n) is 7.56. The van der Waals surface area contributed by atoms with Crippen LogP contribution in [0.1, 0.15) is 68.7 Å². The molecule has 0 radical (unpaired) electrons. The van der Waals surface area contributed by atoms with Crippen LogP contribution in [0.4, 0.5) is 0 Å². The molecule has 19 heavy (non-hydrogen) atoms. The molecule has 1 aliphatic carbocycles. The van der Waals surface area contributed by atoms with Gasteiger partial charge in [0.1, 0.15) is 5.75 Å². The lowest BCUT2D eigenvalue weighted by Gasteiger charge is -2.16. The smallest absolute Gasteiger partial charge is 0.120 e. The minimum atomic E-state index is 0.331. The van der Waals surface area contributed by atoms with Crippen LogP contribution in [0.2, 0.25) is 0 Å². The third kappa shape index (κ3) is 3.11. The average Bonchev–Trinajstić information content (AvgIpc) is 2.68. The van der Waals surface area contributed by atoms with E-state index >= 15 is 0 Å². The highest BCUT2D eigenvalue weighted by Gasteiger charge is 2.31. The van der Waals surface area contributed by atoms with Crippen LogP contribution in [0.25, 0.3) is 0 Å². The Morgan fingerprint density at radius 3 is 2.74 bits per heavy atom. The van der Waals surface area contributed by atoms with Gasteiger partial charge in [0.05, 0.1) is 0 Å². The van der Waals surface area contributed by atoms with Crippen molar-refractivity contribution in [3.63, 3.8) is 0 Å². The monoisotopic (exact) mass is 261 g/mol. The Kier molecular flexibility index (Phi) is 4.51. The highest BCUT2D eigenvalue weighted by atomic mass is 16.3. The molecule has 0 saturated carbocycles. The van der Waals surface area contributed by atoms with E-state index in [2.05, 4.69) is 33.0 Å². The highest BCUT2D eigenvalue weighted by Crippen LogP contribution is 2.45. The molecule has 0 saturated heterocycles. The molecule has 0 aliphatic heterocycles. The second kappa shape index (κ2) is 5.96. The fraction of sp³-hybridized carbons (Fsp3) is 0.647. The van der Waals surface area contributed by atoms with Crippen LogP contribution >= 0.6 is 0 Å². The van der Waals surface area contributed by atoms with E-state index in [-0.39, 0.29) is 0 Å². The van der Waals surface area contributed by atoms with E-state index in [1.54, 1.807) is 0 Å². The fourth-order valence-corrected chi connectivity index (χ4v) is 3.32. The third-order valence-electron chi connectivity index (χ3n) is 4.26. The SMILES string of the molecule is Cc1ccc(O)c2c1C(C)CC2NCCCC(C)C. The van der Waals surface area contributed by atoms with Crippen LogP contribution in [0.15, 0.2) is 12.1 Å². The summed E-state index contributed by atoms with van der Waals surface area (Å²) in [7, 11) is 0. The fourth-order valence-electron chi connectivity index (χ4n) is 3.32. The second-order valence-corrected chi connectivity index (χ2v) is 6.41. The normalized spacial score (nSPS) is 21.9. The van der Waals surface area contributed by atoms with Crippen molar-refractivity contribution in [1.29, 1.82) is 0 Å². The molecule has 2 heteroatoms. The highest BCUT2D eigenvalue weighted by molar-refractivity contribution is 5.50. The molecule has 2 rings (SSSR count). The van der Waals surface area contributed by atoms with Gasteiger partial charge in [-0.25, -0.2) is 0 Å². The van der Waals surface area contributed by atoms with Crippen LogP contribution in [0.5, 0.6) is 5.75 Å². The molecular weight excluding hydrogens is 234 g/mol. The van der Waals surface area contributed by atoms with Gasteiger partial charge in [0.15, 0.2) is 0 Å². The molecule has 2 unspecified atom stereocenters. The van der Waals surface area contributed by atoms with Crippen molar-refractivity contribution in [2.75, 3.05) is 6.54 Å². The number of phenolic OH excluding ortho intramolecular Hbond substituents is 1. The van der Waals surface area contributed by atoms with Crippen molar-refractivity contribution >= 4 is 0 Å². The molecule has 0 heterocycles. The topological polar surface area (TPSA) is 32.3 Å². The first-order valence-corrected chi connectivity index (χ1v) is 7.56. The summed E-state index contributed by atoms with van der Waals surface area (Å²) in [5.41, 5.74) is 3.82. The van der Waals surface area contributed by atoms with E-state index < -0.39 is 0 Å². The lowest BCUT2D eigenvalue weighted by molar-refractivity contribution is 0.436. The summed E-state index contributed by atoms with van der Waals surface area (Å²) in [5, 5.41) is 13.8. The second-order valence-electron chi connectivity index (χ2n) is 6.41. The number of aromatic hydroxyl groups is 1. The van der Waals surface area contributed by atoms with Crippen LogP contribution < -0.4 is 5.32 Å². The summed E-state index contributed by atoms with van der Waals surface area (Å²) in [6, 6.07) is 4.21. The number of aryl methyl sites for hydroxylation is 1. The van der Waals surface area contributed by atoms with E-state index in [0.29, 0.717) is 17.7 Å². The zero-order valence-electron chi connectivity index (χ0n) is 12.7. The van der Waals surface area contributed by atoms with Gasteiger partial charge in [0.25, 0.3) is 0 Å². The molecule has 1 aromatic carbocycles. The standard InChI is InChI=1S/C17H27NO/c1-11(2)6-5-9-18-14-10-13(4)16-12(3)7-8-15(19)17(14)16/h7-8,11,13-14,18-19H,5-6,9-10H2,1-4H3. The van der Waals surface area contributed by atoms with Gasteiger partial charge in [-0.2, -0.15) is 0 Å². The number of nitrogens with one attached hydrogen (secondary N) is 1. The molecule has 0 aromatic heterocycles. The van der Waals surface area contributed by atoms with Crippen molar-refractivity contribution in [2.45, 2.75) is 58.9 Å². The number of hydrogen-bond acceptors (Lipinski definition) is 2. The molecule has 2 nitrogen and oxygen atoms in total. The molecule has 2 atom stereocenters. The Bertz CT molecular complexity index is 439. The Labute approximate surface area is 117 Å². The van der Waals surface area contributed by atoms with Gasteiger partial charge in [0, 0.05) is 11.6 Å². The van der Waals surface area contributed by atoms with E-state index in [1.165, 1.54) is 24.0 Å². The number of hydrogen-bond donors (Lipinski definition) is 2. The third-order valence-corrected chi connectivity index (χ3v) is 4.26. The van der Waals surface area contributed by atoms with E-state index in [1.807, 2.05) is 12.1 Å². The van der Waals surface area contributed by atoms with Crippen LogP contribution in [0.3, 0.4) is 0 Å². The summed E-state index contributed by atoms with van der Waals surface area (Å²) in [5.74, 6) is 1.78. The van der Waals surface area contributed by atoms with Crippen molar-refractivity contribution < 1.29 is 5.11 Å². The zero-order chi connectivity index (χ0) is 14.0. The van der Waals surface area contributed by atoms with Gasteiger partial charge in [0.2, 0.25) is 0 Å². The Morgan fingerprint density at radius 2 is 2.05 bits per heavy atom. The number of fused-ring (bicyclic) bond motifs is 1. The summed E-state index contributed by atoms with van der Waals surface area (Å²) in [4.78, 5) is 0. The first kappa shape index (κ1) is 14.4. The molecule has 0 amide bonds. The maximum atomic E-state index is 10.1. The van der Waals surface area contributed by atoms with Crippen LogP contribution in [-0.4, -0.2) is 11.7 Å². The van der Waals surface area contributed by atoms with Gasteiger partial charge in [-0.3, -0.25) is 0 Å². The molecular formula is C17H27NO. The van der Waals surface area contributed by atoms with Gasteiger partial charge in [-0.05, 0) is 61.8 Å². The minimum absolute atomic E-state index is 0.331. The summed E-state index contributed by atoms with van der Waals surface area (Å²) in [6.07, 6.45) is 3.59. The first-order chi connectivity index (χ1) is 9.00. The maximum absolute atomic E-state index is 10.1. The molecule has 1 aromatic rings. The van der Waals surface area contributed by atoms with Crippen molar-refractivity contribution in [2.24, 2.45) is 5.92 Å². The van der Waals surface area contributed by atoms with E-state index in [0.717, 1.165) is 24.4 Å². The lowest BCUT2D eigenvalue weighted by Crippen LogP contribution is -2.21. The van der Waals surface area contributed by atoms with Crippen LogP contribution in [0, 0.1) is 12.8 Å². The zero-order valence-corrected chi connectivity index (χ0v) is 12.7. The quantitative estimate of drug-likeness (QED) is 0.776. The molecule has 0 spiro atoms. The van der Waals surface area contributed by atoms with Crippen molar-refractivity contribution in [3.05, 3.63) is 28.8 Å². The Morgan fingerprint density at radius 1 is 1.32 bits per heavy atom. The molecule has 1 aliphatic rings. The molecule has 0 fully saturated rings. The predicted molar refractivity (Wildman–Crippen MR) is 80.7 cm³/mol. The molecule has 2 N–H and O–H groups in total. The number of phenols is 1. The largest absolute Gasteiger partial charge is 0.508 e. The number of rotatable bonds is 5. The van der Waals surface area contributed by atoms with Crippen LogP contribution in [-0.2, 0) is 0 Å². The van der Waals surface area contributed by atoms with E-state index in [9.17, 15) is 5.11 Å². The van der Waals surface area contributed by atoms with Crippen molar-refractivity contribution in [3.8, 4) is 5.75 Å². The maximum Gasteiger partial charge on any atom is 0.120 e. The van der Waals surface area contributed by atoms with Gasteiger partial charge in [-0.1, -0.05) is 26.8 Å². The Balaban J connectivity index is 2.05.